The zero-order valence-electron chi connectivity index (χ0n) is 14.6. The third-order valence-corrected chi connectivity index (χ3v) is 6.14. The molecular weight excluding hydrogens is 450 g/mol. The van der Waals surface area contributed by atoms with Crippen LogP contribution >= 0.6 is 15.9 Å². The lowest BCUT2D eigenvalue weighted by Crippen LogP contribution is -2.18. The topological polar surface area (TPSA) is 143 Å². The molecule has 1 aromatic carbocycles. The number of hydrogen-bond acceptors (Lipinski definition) is 5. The van der Waals surface area contributed by atoms with Crippen molar-refractivity contribution >= 4 is 48.8 Å². The molecule has 0 aliphatic rings. The minimum atomic E-state index is -4.47. The van der Waals surface area contributed by atoms with Gasteiger partial charge in [-0.3, -0.25) is 14.1 Å². The fourth-order valence-corrected chi connectivity index (χ4v) is 4.37. The van der Waals surface area contributed by atoms with Crippen LogP contribution in [0.2, 0.25) is 0 Å². The first kappa shape index (κ1) is 20.2. The van der Waals surface area contributed by atoms with E-state index in [1.807, 2.05) is 0 Å². The predicted octanol–water partition coefficient (Wildman–Crippen LogP) is 2.99. The summed E-state index contributed by atoms with van der Waals surface area (Å²) >= 11 is 3.30. The van der Waals surface area contributed by atoms with Gasteiger partial charge in [-0.1, -0.05) is 13.0 Å². The lowest BCUT2D eigenvalue weighted by molar-refractivity contribution is 0.1000. The number of nitrogens with one attached hydrogen (secondary N) is 1. The van der Waals surface area contributed by atoms with E-state index in [1.165, 1.54) is 24.4 Å². The summed E-state index contributed by atoms with van der Waals surface area (Å²) in [4.78, 5) is 31.9. The highest BCUT2D eigenvalue weighted by molar-refractivity contribution is 9.10. The molecule has 2 heterocycles. The number of pyridine rings is 1. The van der Waals surface area contributed by atoms with Gasteiger partial charge in [-0.25, -0.2) is 4.98 Å². The number of hydrogen-bond donors (Lipinski definition) is 3. The molecule has 0 saturated heterocycles. The van der Waals surface area contributed by atoms with E-state index < -0.39 is 27.1 Å². The van der Waals surface area contributed by atoms with Crippen LogP contribution in [-0.2, 0) is 10.1 Å². The van der Waals surface area contributed by atoms with Gasteiger partial charge in [-0.05, 0) is 46.1 Å². The molecule has 1 atom stereocenters. The summed E-state index contributed by atoms with van der Waals surface area (Å²) in [6.07, 6.45) is 3.06. The maximum Gasteiger partial charge on any atom is 0.272 e. The SMILES string of the molecule is CCC(c1ccc(C(N)=O)cc1C(=O)c1c[nH]c2ncc(Br)cc12)S(=O)(=O)O. The molecule has 0 fully saturated rings. The van der Waals surface area contributed by atoms with Crippen LogP contribution in [0.3, 0.4) is 0 Å². The molecule has 10 heteroatoms. The van der Waals surface area contributed by atoms with Crippen molar-refractivity contribution in [1.29, 1.82) is 0 Å². The average molecular weight is 466 g/mol. The third-order valence-electron chi connectivity index (χ3n) is 4.40. The minimum Gasteiger partial charge on any atom is -0.366 e. The Balaban J connectivity index is 2.25. The van der Waals surface area contributed by atoms with Crippen LogP contribution in [-0.4, -0.2) is 34.6 Å². The van der Waals surface area contributed by atoms with E-state index in [2.05, 4.69) is 25.9 Å². The van der Waals surface area contributed by atoms with E-state index in [0.29, 0.717) is 15.5 Å². The number of carbonyl (C=O) groups excluding carboxylic acids is 2. The van der Waals surface area contributed by atoms with Crippen molar-refractivity contribution in [2.45, 2.75) is 18.6 Å². The molecule has 4 N–H and O–H groups in total. The molecule has 0 saturated carbocycles. The van der Waals surface area contributed by atoms with Crippen LogP contribution in [0.4, 0.5) is 0 Å². The second-order valence-corrected chi connectivity index (χ2v) is 8.67. The highest BCUT2D eigenvalue weighted by Gasteiger charge is 2.29. The fraction of sp³-hybridized carbons (Fsp3) is 0.167. The molecule has 3 aromatic rings. The molecule has 3 rings (SSSR count). The van der Waals surface area contributed by atoms with Gasteiger partial charge in [0, 0.05) is 38.9 Å². The number of carbonyl (C=O) groups is 2. The molecule has 0 aliphatic carbocycles. The summed E-state index contributed by atoms with van der Waals surface area (Å²) in [7, 11) is -4.47. The quantitative estimate of drug-likeness (QED) is 0.377. The van der Waals surface area contributed by atoms with Crippen molar-refractivity contribution in [3.63, 3.8) is 0 Å². The van der Waals surface area contributed by atoms with Crippen LogP contribution in [0.1, 0.15) is 50.4 Å². The van der Waals surface area contributed by atoms with Crippen molar-refractivity contribution in [3.8, 4) is 0 Å². The van der Waals surface area contributed by atoms with Crippen molar-refractivity contribution in [1.82, 2.24) is 9.97 Å². The number of ketones is 1. The summed E-state index contributed by atoms with van der Waals surface area (Å²) in [6, 6.07) is 5.61. The maximum absolute atomic E-state index is 13.3. The van der Waals surface area contributed by atoms with E-state index in [1.54, 1.807) is 19.2 Å². The van der Waals surface area contributed by atoms with Gasteiger partial charge in [-0.2, -0.15) is 8.42 Å². The first-order valence-electron chi connectivity index (χ1n) is 8.20. The Morgan fingerprint density at radius 1 is 1.29 bits per heavy atom. The number of H-pyrrole nitrogens is 1. The first-order chi connectivity index (χ1) is 13.1. The lowest BCUT2D eigenvalue weighted by atomic mass is 9.93. The fourth-order valence-electron chi connectivity index (χ4n) is 3.09. The van der Waals surface area contributed by atoms with Gasteiger partial charge in [0.2, 0.25) is 5.91 Å². The smallest absolute Gasteiger partial charge is 0.272 e. The number of rotatable bonds is 6. The van der Waals surface area contributed by atoms with Crippen LogP contribution < -0.4 is 5.73 Å². The van der Waals surface area contributed by atoms with Gasteiger partial charge in [0.05, 0.1) is 0 Å². The number of amides is 1. The van der Waals surface area contributed by atoms with Crippen molar-refractivity contribution in [2.75, 3.05) is 0 Å². The Hall–Kier alpha value is -2.56. The average Bonchev–Trinajstić information content (AvgIpc) is 3.03. The zero-order valence-corrected chi connectivity index (χ0v) is 17.0. The number of aromatic amines is 1. The van der Waals surface area contributed by atoms with Gasteiger partial charge in [0.25, 0.3) is 10.1 Å². The molecule has 1 unspecified atom stereocenters. The molecule has 0 aliphatic heterocycles. The number of nitrogens with two attached hydrogens (primary N) is 1. The number of benzene rings is 1. The monoisotopic (exact) mass is 465 g/mol. The second-order valence-electron chi connectivity index (χ2n) is 6.16. The Morgan fingerprint density at radius 2 is 2.00 bits per heavy atom. The summed E-state index contributed by atoms with van der Waals surface area (Å²) in [5.41, 5.74) is 6.16. The number of aromatic nitrogens is 2. The van der Waals surface area contributed by atoms with Gasteiger partial charge in [-0.15, -0.1) is 0 Å². The van der Waals surface area contributed by atoms with Gasteiger partial charge in [0.15, 0.2) is 5.78 Å². The molecule has 0 radical (unpaired) electrons. The first-order valence-corrected chi connectivity index (χ1v) is 10.5. The number of nitrogens with zero attached hydrogens (tertiary/aromatic N) is 1. The van der Waals surface area contributed by atoms with Gasteiger partial charge >= 0.3 is 0 Å². The second kappa shape index (κ2) is 7.46. The third kappa shape index (κ3) is 3.71. The molecule has 0 spiro atoms. The summed E-state index contributed by atoms with van der Waals surface area (Å²) in [5, 5.41) is -0.793. The normalized spacial score (nSPS) is 12.8. The van der Waals surface area contributed by atoms with Crippen LogP contribution in [0, 0.1) is 0 Å². The van der Waals surface area contributed by atoms with Gasteiger partial charge in [0.1, 0.15) is 10.9 Å². The van der Waals surface area contributed by atoms with E-state index >= 15 is 0 Å². The number of primary amides is 1. The highest BCUT2D eigenvalue weighted by atomic mass is 79.9. The Morgan fingerprint density at radius 3 is 2.61 bits per heavy atom. The van der Waals surface area contributed by atoms with Crippen LogP contribution in [0.5, 0.6) is 0 Å². The Bertz CT molecular complexity index is 1200. The number of halogens is 1. The zero-order chi connectivity index (χ0) is 20.6. The largest absolute Gasteiger partial charge is 0.366 e. The standard InChI is InChI=1S/C18H16BrN3O5S/c1-2-15(28(25,26)27)11-4-3-9(17(20)24)5-12(11)16(23)14-8-22-18-13(14)6-10(19)7-21-18/h3-8,15H,2H2,1H3,(H2,20,24)(H,21,22)(H,25,26,27). The van der Waals surface area contributed by atoms with E-state index in [0.717, 1.165) is 0 Å². The Labute approximate surface area is 169 Å². The summed E-state index contributed by atoms with van der Waals surface area (Å²) < 4.78 is 33.9. The molecule has 146 valence electrons. The van der Waals surface area contributed by atoms with E-state index in [9.17, 15) is 22.6 Å². The van der Waals surface area contributed by atoms with Crippen molar-refractivity contribution in [2.24, 2.45) is 5.73 Å². The molecule has 8 nitrogen and oxygen atoms in total. The molecule has 1 amide bonds. The molecule has 2 aromatic heterocycles. The van der Waals surface area contributed by atoms with Crippen LogP contribution in [0.15, 0.2) is 41.1 Å². The minimum absolute atomic E-state index is 0.0262. The predicted molar refractivity (Wildman–Crippen MR) is 107 cm³/mol. The lowest BCUT2D eigenvalue weighted by Gasteiger charge is -2.16. The number of fused-ring (bicyclic) bond motifs is 1. The van der Waals surface area contributed by atoms with Crippen LogP contribution in [0.25, 0.3) is 11.0 Å². The Kier molecular flexibility index (Phi) is 5.37. The van der Waals surface area contributed by atoms with Crippen molar-refractivity contribution in [3.05, 3.63) is 63.4 Å². The molecule has 0 bridgehead atoms. The maximum atomic E-state index is 13.3. The van der Waals surface area contributed by atoms with E-state index in [4.69, 9.17) is 5.73 Å². The van der Waals surface area contributed by atoms with E-state index in [-0.39, 0.29) is 28.7 Å². The molecular formula is C18H16BrN3O5S. The summed E-state index contributed by atoms with van der Waals surface area (Å²) in [5.74, 6) is -1.28. The molecule has 28 heavy (non-hydrogen) atoms. The highest BCUT2D eigenvalue weighted by Crippen LogP contribution is 2.32. The van der Waals surface area contributed by atoms with Crippen molar-refractivity contribution < 1.29 is 22.6 Å². The van der Waals surface area contributed by atoms with Gasteiger partial charge < -0.3 is 10.7 Å². The summed E-state index contributed by atoms with van der Waals surface area (Å²) in [6.45, 7) is 1.57.